The normalized spacial score (nSPS) is 16.8. The largest absolute Gasteiger partial charge is 0.372 e. The van der Waals surface area contributed by atoms with Gasteiger partial charge in [-0.2, -0.15) is 0 Å². The smallest absolute Gasteiger partial charge is 0.191 e. The molecule has 0 saturated carbocycles. The number of benzene rings is 1. The second kappa shape index (κ2) is 6.17. The summed E-state index contributed by atoms with van der Waals surface area (Å²) >= 11 is 1.69. The number of hydrogen-bond donors (Lipinski definition) is 0. The standard InChI is InChI=1S/C16H17N5OS/c1-2-7-21-15(18-19-16(21)23-10-12-9-22-12)8-20-11-17-13-5-3-4-6-14(13)20/h2-6,11-12H,1,7-10H2. The molecule has 1 unspecified atom stereocenters. The second-order valence-electron chi connectivity index (χ2n) is 5.43. The maximum atomic E-state index is 5.26. The minimum atomic E-state index is 0.370. The van der Waals surface area contributed by atoms with Crippen LogP contribution in [-0.2, 0) is 17.8 Å². The molecule has 4 rings (SSSR count). The quantitative estimate of drug-likeness (QED) is 0.379. The lowest BCUT2D eigenvalue weighted by Gasteiger charge is -2.08. The summed E-state index contributed by atoms with van der Waals surface area (Å²) in [7, 11) is 0. The summed E-state index contributed by atoms with van der Waals surface area (Å²) in [6.07, 6.45) is 4.09. The minimum Gasteiger partial charge on any atom is -0.372 e. The van der Waals surface area contributed by atoms with E-state index in [1.165, 1.54) is 0 Å². The van der Waals surface area contributed by atoms with Crippen LogP contribution in [0.15, 0.2) is 48.4 Å². The fourth-order valence-corrected chi connectivity index (χ4v) is 3.44. The van der Waals surface area contributed by atoms with Crippen LogP contribution in [0, 0.1) is 0 Å². The first-order valence-corrected chi connectivity index (χ1v) is 8.51. The first-order chi connectivity index (χ1) is 11.3. The van der Waals surface area contributed by atoms with E-state index in [-0.39, 0.29) is 0 Å². The second-order valence-corrected chi connectivity index (χ2v) is 6.41. The highest BCUT2D eigenvalue weighted by Gasteiger charge is 2.24. The van der Waals surface area contributed by atoms with Gasteiger partial charge in [0.25, 0.3) is 0 Å². The van der Waals surface area contributed by atoms with E-state index in [1.54, 1.807) is 11.8 Å². The van der Waals surface area contributed by atoms with Crippen LogP contribution in [0.4, 0.5) is 0 Å². The maximum absolute atomic E-state index is 5.26. The van der Waals surface area contributed by atoms with Crippen LogP contribution in [0.5, 0.6) is 0 Å². The highest BCUT2D eigenvalue weighted by molar-refractivity contribution is 7.99. The molecule has 1 aliphatic rings. The predicted octanol–water partition coefficient (Wildman–Crippen LogP) is 2.35. The van der Waals surface area contributed by atoms with Crippen molar-refractivity contribution in [3.63, 3.8) is 0 Å². The summed E-state index contributed by atoms with van der Waals surface area (Å²) in [6, 6.07) is 8.09. The minimum absolute atomic E-state index is 0.370. The van der Waals surface area contributed by atoms with E-state index in [1.807, 2.05) is 30.6 Å². The van der Waals surface area contributed by atoms with Crippen molar-refractivity contribution in [3.8, 4) is 0 Å². The summed E-state index contributed by atoms with van der Waals surface area (Å²) < 4.78 is 9.46. The Balaban J connectivity index is 1.60. The molecule has 0 N–H and O–H groups in total. The molecule has 0 amide bonds. The van der Waals surface area contributed by atoms with Gasteiger partial charge in [0.15, 0.2) is 11.0 Å². The predicted molar refractivity (Wildman–Crippen MR) is 89.5 cm³/mol. The average molecular weight is 327 g/mol. The average Bonchev–Trinajstić information content (AvgIpc) is 3.21. The van der Waals surface area contributed by atoms with Crippen molar-refractivity contribution in [3.05, 3.63) is 49.1 Å². The zero-order chi connectivity index (χ0) is 15.6. The van der Waals surface area contributed by atoms with Gasteiger partial charge in [0.05, 0.1) is 36.6 Å². The molecule has 2 aromatic heterocycles. The maximum Gasteiger partial charge on any atom is 0.191 e. The Morgan fingerprint density at radius 1 is 1.35 bits per heavy atom. The molecule has 1 saturated heterocycles. The summed E-state index contributed by atoms with van der Waals surface area (Å²) in [5.41, 5.74) is 2.09. The lowest BCUT2D eigenvalue weighted by atomic mass is 10.3. The van der Waals surface area contributed by atoms with Gasteiger partial charge in [0.1, 0.15) is 0 Å². The van der Waals surface area contributed by atoms with Crippen molar-refractivity contribution in [2.75, 3.05) is 12.4 Å². The first-order valence-electron chi connectivity index (χ1n) is 7.52. The Morgan fingerprint density at radius 2 is 2.22 bits per heavy atom. The van der Waals surface area contributed by atoms with Gasteiger partial charge < -0.3 is 13.9 Å². The number of allylic oxidation sites excluding steroid dienone is 1. The summed E-state index contributed by atoms with van der Waals surface area (Å²) in [5, 5.41) is 9.62. The Kier molecular flexibility index (Phi) is 3.88. The molecule has 0 spiro atoms. The highest BCUT2D eigenvalue weighted by Crippen LogP contribution is 2.24. The molecule has 1 atom stereocenters. The van der Waals surface area contributed by atoms with Gasteiger partial charge in [-0.05, 0) is 12.1 Å². The molecular formula is C16H17N5OS. The van der Waals surface area contributed by atoms with Gasteiger partial charge in [-0.15, -0.1) is 16.8 Å². The fraction of sp³-hybridized carbons (Fsp3) is 0.312. The topological polar surface area (TPSA) is 61.1 Å². The molecule has 1 fully saturated rings. The summed E-state index contributed by atoms with van der Waals surface area (Å²) in [5.74, 6) is 1.83. The van der Waals surface area contributed by atoms with E-state index in [0.29, 0.717) is 19.2 Å². The number of imidazole rings is 1. The Morgan fingerprint density at radius 3 is 3.04 bits per heavy atom. The number of hydrogen-bond acceptors (Lipinski definition) is 5. The summed E-state index contributed by atoms with van der Waals surface area (Å²) in [4.78, 5) is 4.43. The van der Waals surface area contributed by atoms with Gasteiger partial charge in [0.2, 0.25) is 0 Å². The van der Waals surface area contributed by atoms with E-state index in [0.717, 1.165) is 34.4 Å². The SMILES string of the molecule is C=CCn1c(Cn2cnc3ccccc32)nnc1SCC1CO1. The number of para-hydroxylation sites is 2. The van der Waals surface area contributed by atoms with E-state index in [4.69, 9.17) is 4.74 Å². The highest BCUT2D eigenvalue weighted by atomic mass is 32.2. The molecule has 118 valence electrons. The van der Waals surface area contributed by atoms with Gasteiger partial charge in [-0.3, -0.25) is 0 Å². The van der Waals surface area contributed by atoms with Gasteiger partial charge in [-0.1, -0.05) is 30.0 Å². The third kappa shape index (κ3) is 3.02. The Hall–Kier alpha value is -2.12. The van der Waals surface area contributed by atoms with E-state index in [9.17, 15) is 0 Å². The molecule has 0 radical (unpaired) electrons. The van der Waals surface area contributed by atoms with Crippen LogP contribution >= 0.6 is 11.8 Å². The monoisotopic (exact) mass is 327 g/mol. The number of thioether (sulfide) groups is 1. The molecule has 6 nitrogen and oxygen atoms in total. The van der Waals surface area contributed by atoms with Crippen LogP contribution in [0.1, 0.15) is 5.82 Å². The molecule has 23 heavy (non-hydrogen) atoms. The van der Waals surface area contributed by atoms with Crippen LogP contribution in [0.25, 0.3) is 11.0 Å². The molecule has 1 aromatic carbocycles. The van der Waals surface area contributed by atoms with E-state index >= 15 is 0 Å². The van der Waals surface area contributed by atoms with Crippen molar-refractivity contribution >= 4 is 22.8 Å². The van der Waals surface area contributed by atoms with Crippen molar-refractivity contribution < 1.29 is 4.74 Å². The Labute approximate surface area is 138 Å². The first kappa shape index (κ1) is 14.5. The number of aromatic nitrogens is 5. The third-order valence-corrected chi connectivity index (χ3v) is 4.84. The van der Waals surface area contributed by atoms with Crippen molar-refractivity contribution in [2.24, 2.45) is 0 Å². The molecule has 7 heteroatoms. The fourth-order valence-electron chi connectivity index (χ4n) is 2.48. The van der Waals surface area contributed by atoms with Crippen LogP contribution in [0.2, 0.25) is 0 Å². The van der Waals surface area contributed by atoms with Crippen molar-refractivity contribution in [2.45, 2.75) is 24.3 Å². The van der Waals surface area contributed by atoms with Gasteiger partial charge in [0, 0.05) is 12.3 Å². The lowest BCUT2D eigenvalue weighted by Crippen LogP contribution is -2.09. The third-order valence-electron chi connectivity index (χ3n) is 3.74. The zero-order valence-electron chi connectivity index (χ0n) is 12.6. The van der Waals surface area contributed by atoms with Crippen LogP contribution in [-0.4, -0.2) is 42.8 Å². The zero-order valence-corrected chi connectivity index (χ0v) is 13.4. The van der Waals surface area contributed by atoms with Gasteiger partial charge in [-0.25, -0.2) is 4.98 Å². The van der Waals surface area contributed by atoms with E-state index in [2.05, 4.69) is 37.0 Å². The number of rotatable bonds is 7. The molecule has 0 bridgehead atoms. The molecule has 1 aliphatic heterocycles. The van der Waals surface area contributed by atoms with Crippen molar-refractivity contribution in [1.82, 2.24) is 24.3 Å². The Bertz CT molecular complexity index is 836. The summed E-state index contributed by atoms with van der Waals surface area (Å²) in [6.45, 7) is 6.04. The van der Waals surface area contributed by atoms with Crippen LogP contribution in [0.3, 0.4) is 0 Å². The lowest BCUT2D eigenvalue weighted by molar-refractivity contribution is 0.426. The molecular weight excluding hydrogens is 310 g/mol. The number of ether oxygens (including phenoxy) is 1. The molecule has 3 aromatic rings. The molecule has 3 heterocycles. The molecule has 0 aliphatic carbocycles. The number of nitrogens with zero attached hydrogens (tertiary/aromatic N) is 5. The number of epoxide rings is 1. The van der Waals surface area contributed by atoms with Crippen molar-refractivity contribution in [1.29, 1.82) is 0 Å². The van der Waals surface area contributed by atoms with E-state index < -0.39 is 0 Å². The number of fused-ring (bicyclic) bond motifs is 1. The van der Waals surface area contributed by atoms with Gasteiger partial charge >= 0.3 is 0 Å². The van der Waals surface area contributed by atoms with Crippen LogP contribution < -0.4 is 0 Å².